The molecule has 0 radical (unpaired) electrons. The Kier molecular flexibility index (Phi) is 12.6. The molecule has 4 rings (SSSR count). The summed E-state index contributed by atoms with van der Waals surface area (Å²) in [5.41, 5.74) is 5.85. The van der Waals surface area contributed by atoms with Crippen LogP contribution in [0.2, 0.25) is 0 Å². The first-order chi connectivity index (χ1) is 23.3. The summed E-state index contributed by atoms with van der Waals surface area (Å²) in [6.45, 7) is 1.24. The van der Waals surface area contributed by atoms with Crippen molar-refractivity contribution in [2.24, 2.45) is 0 Å². The molecule has 0 aliphatic heterocycles. The second kappa shape index (κ2) is 16.8. The van der Waals surface area contributed by atoms with Crippen LogP contribution >= 0.6 is 0 Å². The molecule has 49 heavy (non-hydrogen) atoms. The maximum absolute atomic E-state index is 13.5. The van der Waals surface area contributed by atoms with Crippen molar-refractivity contribution in [3.05, 3.63) is 137 Å². The van der Waals surface area contributed by atoms with Crippen molar-refractivity contribution in [2.45, 2.75) is 25.2 Å². The monoisotopic (exact) mass is 687 g/mol. The van der Waals surface area contributed by atoms with Gasteiger partial charge in [-0.05, 0) is 48.4 Å². The number of anilines is 1. The van der Waals surface area contributed by atoms with Crippen LogP contribution in [0.25, 0.3) is 0 Å². The van der Waals surface area contributed by atoms with E-state index in [9.17, 15) is 27.9 Å². The first-order valence-corrected chi connectivity index (χ1v) is 17.3. The topological polar surface area (TPSA) is 166 Å². The predicted molar refractivity (Wildman–Crippen MR) is 187 cm³/mol. The van der Waals surface area contributed by atoms with Gasteiger partial charge in [0.1, 0.15) is 5.60 Å². The molecule has 0 spiro atoms. The standard InChI is InChI=1S/C36H41N5O7S/c1-26(28-15-9-5-10-16-28)39-34(43)31-19-30(20-32(21-31)41(2)49(3,46)47)33(42)37-23-36(45,25-48-22-27-13-7-4-8-14-27)24-38-40-35(44)29-17-11-6-12-18-29/h4-21,26,38,45H,22-25H2,1-3H3,(H,37,42)(H,39,43)(H,40,44)/t26-,36?/m1/s1. The van der Waals surface area contributed by atoms with Crippen LogP contribution in [0.15, 0.2) is 109 Å². The SMILES string of the molecule is C[C@@H](NC(=O)c1cc(C(=O)NCC(O)(CNNC(=O)c2ccccc2)COCc2ccccc2)cc(N(C)S(C)(=O)=O)c1)c1ccccc1. The van der Waals surface area contributed by atoms with Gasteiger partial charge >= 0.3 is 0 Å². The molecular formula is C36H41N5O7S. The fourth-order valence-corrected chi connectivity index (χ4v) is 5.24. The van der Waals surface area contributed by atoms with Crippen LogP contribution in [0.5, 0.6) is 0 Å². The van der Waals surface area contributed by atoms with Crippen LogP contribution in [-0.2, 0) is 21.4 Å². The minimum Gasteiger partial charge on any atom is -0.384 e. The van der Waals surface area contributed by atoms with Crippen molar-refractivity contribution in [3.63, 3.8) is 0 Å². The van der Waals surface area contributed by atoms with E-state index in [-0.39, 0.29) is 49.2 Å². The first kappa shape index (κ1) is 36.8. The molecule has 0 saturated heterocycles. The van der Waals surface area contributed by atoms with Gasteiger partial charge in [-0.3, -0.25) is 24.1 Å². The zero-order chi connectivity index (χ0) is 35.4. The van der Waals surface area contributed by atoms with Gasteiger partial charge in [0, 0.05) is 30.3 Å². The van der Waals surface area contributed by atoms with E-state index < -0.39 is 33.3 Å². The van der Waals surface area contributed by atoms with Crippen LogP contribution < -0.4 is 25.8 Å². The minimum absolute atomic E-state index is 0.0107. The Morgan fingerprint density at radius 2 is 1.37 bits per heavy atom. The third-order valence-corrected chi connectivity index (χ3v) is 8.87. The summed E-state index contributed by atoms with van der Waals surface area (Å²) in [7, 11) is -2.42. The second-order valence-corrected chi connectivity index (χ2v) is 13.7. The van der Waals surface area contributed by atoms with E-state index in [0.717, 1.165) is 21.7 Å². The first-order valence-electron chi connectivity index (χ1n) is 15.5. The molecular weight excluding hydrogens is 646 g/mol. The van der Waals surface area contributed by atoms with Crippen molar-refractivity contribution in [1.29, 1.82) is 0 Å². The van der Waals surface area contributed by atoms with E-state index in [1.807, 2.05) is 67.6 Å². The lowest BCUT2D eigenvalue weighted by molar-refractivity contribution is -0.0493. The van der Waals surface area contributed by atoms with Gasteiger partial charge in [0.2, 0.25) is 10.0 Å². The molecule has 0 aliphatic carbocycles. The fraction of sp³-hybridized carbons (Fsp3) is 0.250. The minimum atomic E-state index is -3.74. The zero-order valence-corrected chi connectivity index (χ0v) is 28.4. The number of hydrogen-bond acceptors (Lipinski definition) is 8. The zero-order valence-electron chi connectivity index (χ0n) is 27.6. The number of nitrogens with one attached hydrogen (secondary N) is 4. The molecule has 4 aromatic carbocycles. The van der Waals surface area contributed by atoms with Crippen molar-refractivity contribution >= 4 is 33.4 Å². The van der Waals surface area contributed by atoms with Crippen LogP contribution in [0.4, 0.5) is 5.69 Å². The van der Waals surface area contributed by atoms with Gasteiger partial charge in [-0.15, -0.1) is 0 Å². The largest absolute Gasteiger partial charge is 0.384 e. The van der Waals surface area contributed by atoms with Gasteiger partial charge < -0.3 is 20.5 Å². The lowest BCUT2D eigenvalue weighted by Gasteiger charge is -2.29. The number of carbonyl (C=O) groups excluding carboxylic acids is 3. The van der Waals surface area contributed by atoms with E-state index in [2.05, 4.69) is 21.5 Å². The van der Waals surface area contributed by atoms with Crippen molar-refractivity contribution in [1.82, 2.24) is 21.5 Å². The Morgan fingerprint density at radius 1 is 0.796 bits per heavy atom. The van der Waals surface area contributed by atoms with Gasteiger partial charge in [0.25, 0.3) is 17.7 Å². The number of rotatable bonds is 16. The average Bonchev–Trinajstić information content (AvgIpc) is 3.10. The van der Waals surface area contributed by atoms with Crippen molar-refractivity contribution < 1.29 is 32.6 Å². The molecule has 13 heteroatoms. The molecule has 0 fully saturated rings. The van der Waals surface area contributed by atoms with Gasteiger partial charge in [0.05, 0.1) is 37.7 Å². The Bertz CT molecular complexity index is 1830. The van der Waals surface area contributed by atoms with E-state index in [1.54, 1.807) is 30.3 Å². The highest BCUT2D eigenvalue weighted by molar-refractivity contribution is 7.92. The maximum atomic E-state index is 13.5. The van der Waals surface area contributed by atoms with E-state index >= 15 is 0 Å². The molecule has 0 heterocycles. The van der Waals surface area contributed by atoms with Crippen molar-refractivity contribution in [2.75, 3.05) is 37.3 Å². The highest BCUT2D eigenvalue weighted by Crippen LogP contribution is 2.22. The Morgan fingerprint density at radius 3 is 1.98 bits per heavy atom. The van der Waals surface area contributed by atoms with Gasteiger partial charge in [-0.2, -0.15) is 0 Å². The highest BCUT2D eigenvalue weighted by atomic mass is 32.2. The summed E-state index contributed by atoms with van der Waals surface area (Å²) in [5, 5.41) is 17.1. The Balaban J connectivity index is 1.51. The number of sulfonamides is 1. The second-order valence-electron chi connectivity index (χ2n) is 11.7. The normalized spacial score (nSPS) is 13.1. The molecule has 5 N–H and O–H groups in total. The molecule has 3 amide bonds. The molecule has 1 unspecified atom stereocenters. The summed E-state index contributed by atoms with van der Waals surface area (Å²) in [4.78, 5) is 39.4. The molecule has 0 bridgehead atoms. The third-order valence-electron chi connectivity index (χ3n) is 7.67. The van der Waals surface area contributed by atoms with Crippen LogP contribution in [0, 0.1) is 0 Å². The van der Waals surface area contributed by atoms with Gasteiger partial charge in [0.15, 0.2) is 0 Å². The molecule has 0 aliphatic rings. The number of benzene rings is 4. The average molecular weight is 688 g/mol. The molecule has 4 aromatic rings. The molecule has 0 saturated carbocycles. The summed E-state index contributed by atoms with van der Waals surface area (Å²) in [5.74, 6) is -1.61. The van der Waals surface area contributed by atoms with Crippen molar-refractivity contribution in [3.8, 4) is 0 Å². The summed E-state index contributed by atoms with van der Waals surface area (Å²) >= 11 is 0. The van der Waals surface area contributed by atoms with E-state index in [0.29, 0.717) is 5.56 Å². The number of ether oxygens (including phenoxy) is 1. The van der Waals surface area contributed by atoms with Crippen LogP contribution in [-0.4, -0.2) is 69.8 Å². The predicted octanol–water partition coefficient (Wildman–Crippen LogP) is 3.19. The number of hydrogen-bond donors (Lipinski definition) is 5. The number of amides is 3. The quantitative estimate of drug-likeness (QED) is 0.112. The van der Waals surface area contributed by atoms with Crippen LogP contribution in [0.3, 0.4) is 0 Å². The number of carbonyl (C=O) groups is 3. The van der Waals surface area contributed by atoms with E-state index in [4.69, 9.17) is 4.74 Å². The van der Waals surface area contributed by atoms with E-state index in [1.165, 1.54) is 25.2 Å². The molecule has 12 nitrogen and oxygen atoms in total. The smallest absolute Gasteiger partial charge is 0.265 e. The summed E-state index contributed by atoms with van der Waals surface area (Å²) in [6, 6.07) is 30.8. The number of aliphatic hydroxyl groups is 1. The highest BCUT2D eigenvalue weighted by Gasteiger charge is 2.29. The third kappa shape index (κ3) is 11.0. The maximum Gasteiger partial charge on any atom is 0.265 e. The summed E-state index contributed by atoms with van der Waals surface area (Å²) in [6.07, 6.45) is 1.01. The fourth-order valence-electron chi connectivity index (χ4n) is 4.75. The van der Waals surface area contributed by atoms with Gasteiger partial charge in [-0.1, -0.05) is 78.9 Å². The molecule has 2 atom stereocenters. The Labute approximate surface area is 286 Å². The molecule has 0 aromatic heterocycles. The Hall–Kier alpha value is -5.08. The number of nitrogens with zero attached hydrogens (tertiary/aromatic N) is 1. The lowest BCUT2D eigenvalue weighted by atomic mass is 10.0. The van der Waals surface area contributed by atoms with Crippen LogP contribution in [0.1, 0.15) is 55.2 Å². The lowest BCUT2D eigenvalue weighted by Crippen LogP contribution is -2.56. The summed E-state index contributed by atoms with van der Waals surface area (Å²) < 4.78 is 31.6. The molecule has 258 valence electrons. The number of hydrazine groups is 1. The van der Waals surface area contributed by atoms with Gasteiger partial charge in [-0.25, -0.2) is 13.8 Å².